The van der Waals surface area contributed by atoms with E-state index in [1.54, 1.807) is 11.8 Å². The first-order valence-electron chi connectivity index (χ1n) is 8.77. The van der Waals surface area contributed by atoms with Crippen LogP contribution in [0.3, 0.4) is 0 Å². The summed E-state index contributed by atoms with van der Waals surface area (Å²) in [6.45, 7) is 2.12. The Kier molecular flexibility index (Phi) is 7.02. The minimum absolute atomic E-state index is 0.0430. The molecule has 5 nitrogen and oxygen atoms in total. The first kappa shape index (κ1) is 20.2. The molecule has 1 fully saturated rings. The number of para-hydroxylation sites is 1. The Morgan fingerprint density at radius 1 is 1.12 bits per heavy atom. The fourth-order valence-corrected chi connectivity index (χ4v) is 3.06. The molecular weight excluding hydrogens is 347 g/mol. The Bertz CT molecular complexity index is 628. The highest BCUT2D eigenvalue weighted by molar-refractivity contribution is 5.93. The van der Waals surface area contributed by atoms with Gasteiger partial charge in [0.2, 0.25) is 11.8 Å². The molecule has 0 aliphatic heterocycles. The van der Waals surface area contributed by atoms with Gasteiger partial charge in [-0.25, -0.2) is 0 Å². The van der Waals surface area contributed by atoms with Gasteiger partial charge in [-0.1, -0.05) is 31.9 Å². The maximum atomic E-state index is 13.0. The molecule has 0 spiro atoms. The van der Waals surface area contributed by atoms with Crippen LogP contribution in [0.4, 0.5) is 18.9 Å². The quantitative estimate of drug-likeness (QED) is 0.775. The first-order chi connectivity index (χ1) is 12.3. The van der Waals surface area contributed by atoms with Crippen LogP contribution in [0.15, 0.2) is 24.3 Å². The van der Waals surface area contributed by atoms with Crippen molar-refractivity contribution in [1.82, 2.24) is 10.2 Å². The lowest BCUT2D eigenvalue weighted by atomic mass is 10.1. The van der Waals surface area contributed by atoms with Crippen LogP contribution in [0, 0.1) is 0 Å². The number of nitrogens with zero attached hydrogens (tertiary/aromatic N) is 1. The van der Waals surface area contributed by atoms with Crippen LogP contribution in [0.1, 0.15) is 38.2 Å². The Labute approximate surface area is 150 Å². The molecule has 144 valence electrons. The second-order valence-corrected chi connectivity index (χ2v) is 6.44. The molecule has 1 saturated carbocycles. The molecule has 0 saturated heterocycles. The van der Waals surface area contributed by atoms with Crippen LogP contribution in [0.2, 0.25) is 0 Å². The number of anilines is 1. The van der Waals surface area contributed by atoms with Crippen molar-refractivity contribution in [3.8, 4) is 0 Å². The second-order valence-electron chi connectivity index (χ2n) is 6.44. The number of carbonyl (C=O) groups is 2. The minimum Gasteiger partial charge on any atom is -0.352 e. The third-order valence-corrected chi connectivity index (χ3v) is 4.41. The Morgan fingerprint density at radius 2 is 1.73 bits per heavy atom. The highest BCUT2D eigenvalue weighted by Gasteiger charge is 2.33. The van der Waals surface area contributed by atoms with Crippen molar-refractivity contribution >= 4 is 17.5 Å². The van der Waals surface area contributed by atoms with Gasteiger partial charge in [0.15, 0.2) is 0 Å². The van der Waals surface area contributed by atoms with Crippen LogP contribution in [-0.2, 0) is 15.8 Å². The summed E-state index contributed by atoms with van der Waals surface area (Å²) in [4.78, 5) is 25.8. The third-order valence-electron chi connectivity index (χ3n) is 4.41. The van der Waals surface area contributed by atoms with Gasteiger partial charge in [-0.15, -0.1) is 0 Å². The highest BCUT2D eigenvalue weighted by Crippen LogP contribution is 2.34. The molecule has 26 heavy (non-hydrogen) atoms. The lowest BCUT2D eigenvalue weighted by molar-refractivity contribution is -0.137. The molecule has 2 N–H and O–H groups in total. The van der Waals surface area contributed by atoms with Gasteiger partial charge < -0.3 is 10.6 Å². The van der Waals surface area contributed by atoms with Gasteiger partial charge in [-0.05, 0) is 31.5 Å². The molecule has 0 atom stereocenters. The molecule has 0 unspecified atom stereocenters. The van der Waals surface area contributed by atoms with E-state index in [4.69, 9.17) is 0 Å². The van der Waals surface area contributed by atoms with Gasteiger partial charge in [0.25, 0.3) is 0 Å². The zero-order valence-electron chi connectivity index (χ0n) is 14.7. The summed E-state index contributed by atoms with van der Waals surface area (Å²) in [5.74, 6) is -0.751. The summed E-state index contributed by atoms with van der Waals surface area (Å²) >= 11 is 0. The van der Waals surface area contributed by atoms with E-state index in [0.29, 0.717) is 6.54 Å². The van der Waals surface area contributed by atoms with E-state index in [1.165, 1.54) is 18.2 Å². The molecule has 1 aromatic carbocycles. The van der Waals surface area contributed by atoms with Crippen LogP contribution in [0.25, 0.3) is 0 Å². The number of halogens is 3. The number of benzene rings is 1. The van der Waals surface area contributed by atoms with Crippen molar-refractivity contribution in [2.24, 2.45) is 0 Å². The summed E-state index contributed by atoms with van der Waals surface area (Å²) in [5.41, 5.74) is -1.17. The highest BCUT2D eigenvalue weighted by atomic mass is 19.4. The van der Waals surface area contributed by atoms with E-state index in [1.807, 2.05) is 0 Å². The largest absolute Gasteiger partial charge is 0.418 e. The smallest absolute Gasteiger partial charge is 0.352 e. The zero-order valence-corrected chi connectivity index (χ0v) is 14.7. The van der Waals surface area contributed by atoms with Crippen molar-refractivity contribution in [3.05, 3.63) is 29.8 Å². The lowest BCUT2D eigenvalue weighted by Crippen LogP contribution is -2.43. The average molecular weight is 371 g/mol. The van der Waals surface area contributed by atoms with E-state index in [-0.39, 0.29) is 30.7 Å². The maximum Gasteiger partial charge on any atom is 0.418 e. The standard InChI is InChI=1S/C18H24F3N3O2/c1-2-24(11-16(25)22-13-7-3-4-8-13)12-17(26)23-15-10-6-5-9-14(15)18(19,20)21/h5-6,9-10,13H,2-4,7-8,11-12H2,1H3,(H,22,25)(H,23,26). The van der Waals surface area contributed by atoms with Crippen LogP contribution in [0.5, 0.6) is 0 Å². The number of amides is 2. The first-order valence-corrected chi connectivity index (χ1v) is 8.77. The Balaban J connectivity index is 1.90. The molecule has 1 aliphatic carbocycles. The molecule has 8 heteroatoms. The number of likely N-dealkylation sites (N-methyl/N-ethyl adjacent to an activating group) is 1. The van der Waals surface area contributed by atoms with Gasteiger partial charge in [0.05, 0.1) is 24.3 Å². The van der Waals surface area contributed by atoms with E-state index < -0.39 is 17.6 Å². The molecular formula is C18H24F3N3O2. The summed E-state index contributed by atoms with van der Waals surface area (Å²) in [6, 6.07) is 5.02. The Morgan fingerprint density at radius 3 is 2.35 bits per heavy atom. The van der Waals surface area contributed by atoms with Crippen molar-refractivity contribution in [3.63, 3.8) is 0 Å². The second kappa shape index (κ2) is 9.02. The summed E-state index contributed by atoms with van der Waals surface area (Å²) in [5, 5.41) is 5.23. The molecule has 0 aromatic heterocycles. The average Bonchev–Trinajstić information content (AvgIpc) is 3.06. The van der Waals surface area contributed by atoms with E-state index >= 15 is 0 Å². The third kappa shape index (κ3) is 6.01. The lowest BCUT2D eigenvalue weighted by Gasteiger charge is -2.21. The van der Waals surface area contributed by atoms with Gasteiger partial charge in [-0.3, -0.25) is 14.5 Å². The van der Waals surface area contributed by atoms with Crippen LogP contribution >= 0.6 is 0 Å². The van der Waals surface area contributed by atoms with Crippen molar-refractivity contribution in [1.29, 1.82) is 0 Å². The number of carbonyl (C=O) groups excluding carboxylic acids is 2. The summed E-state index contributed by atoms with van der Waals surface area (Å²) in [6.07, 6.45) is -0.415. The molecule has 1 aliphatic rings. The minimum atomic E-state index is -4.55. The number of rotatable bonds is 7. The van der Waals surface area contributed by atoms with E-state index in [2.05, 4.69) is 10.6 Å². The van der Waals surface area contributed by atoms with Gasteiger partial charge in [0.1, 0.15) is 0 Å². The van der Waals surface area contributed by atoms with Gasteiger partial charge >= 0.3 is 6.18 Å². The van der Waals surface area contributed by atoms with Crippen molar-refractivity contribution in [2.45, 2.75) is 44.8 Å². The predicted molar refractivity (Wildman–Crippen MR) is 92.6 cm³/mol. The fraction of sp³-hybridized carbons (Fsp3) is 0.556. The van der Waals surface area contributed by atoms with Gasteiger partial charge in [0, 0.05) is 6.04 Å². The van der Waals surface area contributed by atoms with E-state index in [0.717, 1.165) is 31.7 Å². The Hall–Kier alpha value is -2.09. The summed E-state index contributed by atoms with van der Waals surface area (Å²) < 4.78 is 38.9. The fourth-order valence-electron chi connectivity index (χ4n) is 3.06. The monoisotopic (exact) mass is 371 g/mol. The molecule has 0 radical (unpaired) electrons. The number of nitrogens with one attached hydrogen (secondary N) is 2. The SMILES string of the molecule is CCN(CC(=O)Nc1ccccc1C(F)(F)F)CC(=O)NC1CCCC1. The summed E-state index contributed by atoms with van der Waals surface area (Å²) in [7, 11) is 0. The number of hydrogen-bond acceptors (Lipinski definition) is 3. The van der Waals surface area contributed by atoms with Crippen molar-refractivity contribution < 1.29 is 22.8 Å². The molecule has 0 bridgehead atoms. The molecule has 0 heterocycles. The normalized spacial score (nSPS) is 15.3. The number of alkyl halides is 3. The topological polar surface area (TPSA) is 61.4 Å². The van der Waals surface area contributed by atoms with Crippen LogP contribution in [-0.4, -0.2) is 42.4 Å². The zero-order chi connectivity index (χ0) is 19.2. The van der Waals surface area contributed by atoms with E-state index in [9.17, 15) is 22.8 Å². The molecule has 2 amide bonds. The molecule has 1 aromatic rings. The molecule has 2 rings (SSSR count). The van der Waals surface area contributed by atoms with Gasteiger partial charge in [-0.2, -0.15) is 13.2 Å². The van der Waals surface area contributed by atoms with Crippen molar-refractivity contribution in [2.75, 3.05) is 25.0 Å². The maximum absolute atomic E-state index is 13.0. The number of hydrogen-bond donors (Lipinski definition) is 2. The predicted octanol–water partition coefficient (Wildman–Crippen LogP) is 3.02. The van der Waals surface area contributed by atoms with Crippen LogP contribution < -0.4 is 10.6 Å².